The standard InChI is InChI=1S/C17H25NO2/c1-12(2)14-6-8-18(9-7-14)11-16-10-15(13(3)19)4-5-17(16)20/h4-5,10,12,14,20H,6-9,11H2,1-3H3. The molecule has 1 fully saturated rings. The van der Waals surface area contributed by atoms with Crippen molar-refractivity contribution in [3.63, 3.8) is 0 Å². The van der Waals surface area contributed by atoms with E-state index in [1.54, 1.807) is 19.1 Å². The molecule has 0 radical (unpaired) electrons. The van der Waals surface area contributed by atoms with Crippen LogP contribution in [-0.4, -0.2) is 28.9 Å². The zero-order valence-corrected chi connectivity index (χ0v) is 12.7. The molecule has 0 unspecified atom stereocenters. The summed E-state index contributed by atoms with van der Waals surface area (Å²) < 4.78 is 0. The number of carbonyl (C=O) groups is 1. The van der Waals surface area contributed by atoms with Crippen molar-refractivity contribution in [3.8, 4) is 5.75 Å². The van der Waals surface area contributed by atoms with Crippen LogP contribution >= 0.6 is 0 Å². The summed E-state index contributed by atoms with van der Waals surface area (Å²) >= 11 is 0. The highest BCUT2D eigenvalue weighted by Crippen LogP contribution is 2.27. The lowest BCUT2D eigenvalue weighted by Crippen LogP contribution is -2.34. The summed E-state index contributed by atoms with van der Waals surface area (Å²) in [5.74, 6) is 1.92. The minimum atomic E-state index is 0.0461. The largest absolute Gasteiger partial charge is 0.508 e. The number of phenolic OH excluding ortho intramolecular Hbond substituents is 1. The first-order chi connectivity index (χ1) is 9.47. The SMILES string of the molecule is CC(=O)c1ccc(O)c(CN2CCC(C(C)C)CC2)c1. The average Bonchev–Trinajstić information content (AvgIpc) is 2.41. The van der Waals surface area contributed by atoms with Gasteiger partial charge in [-0.1, -0.05) is 13.8 Å². The Balaban J connectivity index is 2.00. The molecule has 0 aliphatic carbocycles. The first-order valence-electron chi connectivity index (χ1n) is 7.52. The van der Waals surface area contributed by atoms with Gasteiger partial charge in [-0.05, 0) is 62.9 Å². The van der Waals surface area contributed by atoms with Gasteiger partial charge in [0.2, 0.25) is 0 Å². The zero-order valence-electron chi connectivity index (χ0n) is 12.7. The molecule has 0 bridgehead atoms. The van der Waals surface area contributed by atoms with Crippen molar-refractivity contribution in [3.05, 3.63) is 29.3 Å². The Hall–Kier alpha value is -1.35. The molecule has 0 amide bonds. The molecule has 0 aromatic heterocycles. The molecule has 1 heterocycles. The monoisotopic (exact) mass is 275 g/mol. The van der Waals surface area contributed by atoms with Gasteiger partial charge >= 0.3 is 0 Å². The van der Waals surface area contributed by atoms with E-state index in [9.17, 15) is 9.90 Å². The number of Topliss-reactive ketones (excluding diaryl/α,β-unsaturated/α-hetero) is 1. The van der Waals surface area contributed by atoms with E-state index in [1.165, 1.54) is 12.8 Å². The van der Waals surface area contributed by atoms with Gasteiger partial charge in [0.05, 0.1) is 0 Å². The van der Waals surface area contributed by atoms with Crippen molar-refractivity contribution in [1.29, 1.82) is 0 Å². The number of hydrogen-bond donors (Lipinski definition) is 1. The van der Waals surface area contributed by atoms with Gasteiger partial charge in [-0.3, -0.25) is 9.69 Å². The fourth-order valence-electron chi connectivity index (χ4n) is 2.95. The maximum Gasteiger partial charge on any atom is 0.159 e. The van der Waals surface area contributed by atoms with Gasteiger partial charge in [-0.15, -0.1) is 0 Å². The summed E-state index contributed by atoms with van der Waals surface area (Å²) in [5, 5.41) is 9.95. The lowest BCUT2D eigenvalue weighted by Gasteiger charge is -2.34. The first kappa shape index (κ1) is 15.0. The van der Waals surface area contributed by atoms with Gasteiger partial charge < -0.3 is 5.11 Å². The number of carbonyl (C=O) groups excluding carboxylic acids is 1. The number of nitrogens with zero attached hydrogens (tertiary/aromatic N) is 1. The van der Waals surface area contributed by atoms with Crippen molar-refractivity contribution in [2.24, 2.45) is 11.8 Å². The Morgan fingerprint density at radius 1 is 1.35 bits per heavy atom. The molecule has 3 heteroatoms. The minimum Gasteiger partial charge on any atom is -0.508 e. The fraction of sp³-hybridized carbons (Fsp3) is 0.588. The Morgan fingerprint density at radius 3 is 2.55 bits per heavy atom. The molecular weight excluding hydrogens is 250 g/mol. The quantitative estimate of drug-likeness (QED) is 0.855. The van der Waals surface area contributed by atoms with Gasteiger partial charge in [0, 0.05) is 17.7 Å². The van der Waals surface area contributed by atoms with E-state index in [-0.39, 0.29) is 5.78 Å². The van der Waals surface area contributed by atoms with Gasteiger partial charge in [0.25, 0.3) is 0 Å². The molecule has 1 saturated heterocycles. The number of ketones is 1. The van der Waals surface area contributed by atoms with E-state index in [2.05, 4.69) is 18.7 Å². The highest BCUT2D eigenvalue weighted by molar-refractivity contribution is 5.94. The fourth-order valence-corrected chi connectivity index (χ4v) is 2.95. The summed E-state index contributed by atoms with van der Waals surface area (Å²) in [6.45, 7) is 9.03. The van der Waals surface area contributed by atoms with Crippen molar-refractivity contribution in [2.75, 3.05) is 13.1 Å². The molecule has 0 spiro atoms. The smallest absolute Gasteiger partial charge is 0.159 e. The third-order valence-corrected chi connectivity index (χ3v) is 4.46. The van der Waals surface area contributed by atoms with Crippen molar-refractivity contribution < 1.29 is 9.90 Å². The third kappa shape index (κ3) is 3.60. The van der Waals surface area contributed by atoms with Gasteiger partial charge in [-0.2, -0.15) is 0 Å². The van der Waals surface area contributed by atoms with Crippen molar-refractivity contribution in [1.82, 2.24) is 4.90 Å². The normalized spacial score (nSPS) is 17.6. The molecule has 1 N–H and O–H groups in total. The zero-order chi connectivity index (χ0) is 14.7. The van der Waals surface area contributed by atoms with Crippen LogP contribution in [-0.2, 0) is 6.54 Å². The molecule has 1 aliphatic rings. The van der Waals surface area contributed by atoms with E-state index < -0.39 is 0 Å². The second kappa shape index (κ2) is 6.40. The van der Waals surface area contributed by atoms with Crippen molar-refractivity contribution in [2.45, 2.75) is 40.2 Å². The van der Waals surface area contributed by atoms with Gasteiger partial charge in [-0.25, -0.2) is 0 Å². The van der Waals surface area contributed by atoms with E-state index in [4.69, 9.17) is 0 Å². The maximum atomic E-state index is 11.4. The Labute approximate surface area is 121 Å². The molecule has 1 aromatic rings. The highest BCUT2D eigenvalue weighted by Gasteiger charge is 2.22. The van der Waals surface area contributed by atoms with E-state index in [0.29, 0.717) is 11.3 Å². The van der Waals surface area contributed by atoms with Crippen LogP contribution in [0.25, 0.3) is 0 Å². The van der Waals surface area contributed by atoms with Crippen LogP contribution in [0.1, 0.15) is 49.5 Å². The van der Waals surface area contributed by atoms with Crippen LogP contribution in [0.4, 0.5) is 0 Å². The lowest BCUT2D eigenvalue weighted by atomic mass is 9.86. The van der Waals surface area contributed by atoms with Gasteiger partial charge in [0.1, 0.15) is 5.75 Å². The predicted molar refractivity (Wildman–Crippen MR) is 81.0 cm³/mol. The number of rotatable bonds is 4. The summed E-state index contributed by atoms with van der Waals surface area (Å²) in [6, 6.07) is 5.14. The van der Waals surface area contributed by atoms with Crippen LogP contribution in [0, 0.1) is 11.8 Å². The van der Waals surface area contributed by atoms with E-state index in [0.717, 1.165) is 37.0 Å². The number of aromatic hydroxyl groups is 1. The number of benzene rings is 1. The summed E-state index contributed by atoms with van der Waals surface area (Å²) in [6.07, 6.45) is 2.45. The molecule has 20 heavy (non-hydrogen) atoms. The Bertz CT molecular complexity index is 474. The minimum absolute atomic E-state index is 0.0461. The van der Waals surface area contributed by atoms with E-state index in [1.807, 2.05) is 6.07 Å². The molecule has 3 nitrogen and oxygen atoms in total. The van der Waals surface area contributed by atoms with Crippen LogP contribution in [0.2, 0.25) is 0 Å². The third-order valence-electron chi connectivity index (χ3n) is 4.46. The van der Waals surface area contributed by atoms with Crippen LogP contribution in [0.3, 0.4) is 0 Å². The Kier molecular flexibility index (Phi) is 4.81. The second-order valence-corrected chi connectivity index (χ2v) is 6.26. The number of phenols is 1. The van der Waals surface area contributed by atoms with Crippen molar-refractivity contribution >= 4 is 5.78 Å². The summed E-state index contributed by atoms with van der Waals surface area (Å²) in [4.78, 5) is 13.8. The summed E-state index contributed by atoms with van der Waals surface area (Å²) in [5.41, 5.74) is 1.54. The molecule has 110 valence electrons. The lowest BCUT2D eigenvalue weighted by molar-refractivity contribution is 0.101. The molecule has 0 saturated carbocycles. The maximum absolute atomic E-state index is 11.4. The number of hydrogen-bond acceptors (Lipinski definition) is 3. The molecule has 1 aromatic carbocycles. The van der Waals surface area contributed by atoms with Crippen LogP contribution in [0.5, 0.6) is 5.75 Å². The molecule has 1 aliphatic heterocycles. The topological polar surface area (TPSA) is 40.5 Å². The Morgan fingerprint density at radius 2 is 2.00 bits per heavy atom. The number of piperidine rings is 1. The highest BCUT2D eigenvalue weighted by atomic mass is 16.3. The molecular formula is C17H25NO2. The van der Waals surface area contributed by atoms with Crippen LogP contribution < -0.4 is 0 Å². The second-order valence-electron chi connectivity index (χ2n) is 6.26. The van der Waals surface area contributed by atoms with Gasteiger partial charge in [0.15, 0.2) is 5.78 Å². The number of likely N-dealkylation sites (tertiary alicyclic amines) is 1. The van der Waals surface area contributed by atoms with E-state index >= 15 is 0 Å². The molecule has 2 rings (SSSR count). The first-order valence-corrected chi connectivity index (χ1v) is 7.52. The van der Waals surface area contributed by atoms with Crippen LogP contribution in [0.15, 0.2) is 18.2 Å². The molecule has 0 atom stereocenters. The average molecular weight is 275 g/mol. The predicted octanol–water partition coefficient (Wildman–Crippen LogP) is 3.46. The summed E-state index contributed by atoms with van der Waals surface area (Å²) in [7, 11) is 0.